The summed E-state index contributed by atoms with van der Waals surface area (Å²) in [5.41, 5.74) is 0.834. The van der Waals surface area contributed by atoms with Crippen molar-refractivity contribution in [3.63, 3.8) is 0 Å². The summed E-state index contributed by atoms with van der Waals surface area (Å²) in [7, 11) is 1.55. The molecule has 5 nitrogen and oxygen atoms in total. The largest absolute Gasteiger partial charge is 0.495 e. The van der Waals surface area contributed by atoms with E-state index in [2.05, 4.69) is 5.32 Å². The van der Waals surface area contributed by atoms with Crippen LogP contribution >= 0.6 is 11.8 Å². The molecule has 0 unspecified atom stereocenters. The second kappa shape index (κ2) is 7.08. The predicted molar refractivity (Wildman–Crippen MR) is 83.2 cm³/mol. The van der Waals surface area contributed by atoms with Gasteiger partial charge in [-0.05, 0) is 36.6 Å². The molecule has 21 heavy (non-hydrogen) atoms. The molecule has 0 atom stereocenters. The standard InChI is InChI=1S/C15H17NO4S/c1-19-14-6-3-10(15(17)18)7-13(14)16-8-11-4-5-12(20-11)9-21-2/h3-7,16H,8-9H2,1-2H3,(H,17,18). The van der Waals surface area contributed by atoms with Crippen LogP contribution in [0.5, 0.6) is 5.75 Å². The van der Waals surface area contributed by atoms with Gasteiger partial charge in [0.2, 0.25) is 0 Å². The van der Waals surface area contributed by atoms with Crippen LogP contribution in [0.3, 0.4) is 0 Å². The molecular weight excluding hydrogens is 290 g/mol. The summed E-state index contributed by atoms with van der Waals surface area (Å²) in [5.74, 6) is 2.17. The van der Waals surface area contributed by atoms with E-state index < -0.39 is 5.97 Å². The van der Waals surface area contributed by atoms with Crippen LogP contribution in [0, 0.1) is 0 Å². The molecule has 1 heterocycles. The molecular formula is C15H17NO4S. The number of hydrogen-bond acceptors (Lipinski definition) is 5. The third kappa shape index (κ3) is 3.95. The van der Waals surface area contributed by atoms with Crippen molar-refractivity contribution in [2.24, 2.45) is 0 Å². The summed E-state index contributed by atoms with van der Waals surface area (Å²) in [5, 5.41) is 12.2. The Morgan fingerprint density at radius 1 is 1.33 bits per heavy atom. The average molecular weight is 307 g/mol. The van der Waals surface area contributed by atoms with Gasteiger partial charge in [-0.1, -0.05) is 0 Å². The highest BCUT2D eigenvalue weighted by atomic mass is 32.2. The van der Waals surface area contributed by atoms with Gasteiger partial charge in [0.05, 0.1) is 30.7 Å². The van der Waals surface area contributed by atoms with Crippen LogP contribution in [0.15, 0.2) is 34.7 Å². The third-order valence-corrected chi connectivity index (χ3v) is 3.48. The van der Waals surface area contributed by atoms with Crippen LogP contribution in [-0.2, 0) is 12.3 Å². The Morgan fingerprint density at radius 3 is 2.76 bits per heavy atom. The van der Waals surface area contributed by atoms with Crippen molar-refractivity contribution in [3.8, 4) is 5.75 Å². The van der Waals surface area contributed by atoms with Crippen LogP contribution in [0.2, 0.25) is 0 Å². The predicted octanol–water partition coefficient (Wildman–Crippen LogP) is 3.46. The van der Waals surface area contributed by atoms with Gasteiger partial charge in [0.25, 0.3) is 0 Å². The summed E-state index contributed by atoms with van der Waals surface area (Å²) in [6.07, 6.45) is 2.02. The van der Waals surface area contributed by atoms with E-state index in [-0.39, 0.29) is 5.56 Å². The van der Waals surface area contributed by atoms with E-state index in [0.717, 1.165) is 17.3 Å². The number of benzene rings is 1. The first kappa shape index (κ1) is 15.3. The van der Waals surface area contributed by atoms with Gasteiger partial charge < -0.3 is 19.6 Å². The van der Waals surface area contributed by atoms with Gasteiger partial charge >= 0.3 is 5.97 Å². The van der Waals surface area contributed by atoms with Crippen LogP contribution in [0.25, 0.3) is 0 Å². The number of carboxylic acids is 1. The van der Waals surface area contributed by atoms with Crippen molar-refractivity contribution in [1.29, 1.82) is 0 Å². The van der Waals surface area contributed by atoms with Crippen LogP contribution in [0.4, 0.5) is 5.69 Å². The topological polar surface area (TPSA) is 71.7 Å². The monoisotopic (exact) mass is 307 g/mol. The SMILES string of the molecule is COc1ccc(C(=O)O)cc1NCc1ccc(CSC)o1. The maximum absolute atomic E-state index is 11.0. The second-order valence-corrected chi connectivity index (χ2v) is 5.24. The molecule has 2 rings (SSSR count). The zero-order chi connectivity index (χ0) is 15.2. The number of anilines is 1. The summed E-state index contributed by atoms with van der Waals surface area (Å²) in [6.45, 7) is 0.466. The van der Waals surface area contributed by atoms with Gasteiger partial charge in [-0.3, -0.25) is 0 Å². The fraction of sp³-hybridized carbons (Fsp3) is 0.267. The van der Waals surface area contributed by atoms with E-state index in [1.165, 1.54) is 6.07 Å². The molecule has 112 valence electrons. The molecule has 1 aromatic heterocycles. The first-order valence-electron chi connectivity index (χ1n) is 6.35. The molecule has 2 N–H and O–H groups in total. The highest BCUT2D eigenvalue weighted by Gasteiger charge is 2.09. The maximum Gasteiger partial charge on any atom is 0.335 e. The highest BCUT2D eigenvalue weighted by molar-refractivity contribution is 7.97. The van der Waals surface area contributed by atoms with Gasteiger partial charge in [-0.25, -0.2) is 4.79 Å². The quantitative estimate of drug-likeness (QED) is 0.816. The average Bonchev–Trinajstić information content (AvgIpc) is 2.92. The molecule has 1 aromatic carbocycles. The lowest BCUT2D eigenvalue weighted by Gasteiger charge is -2.11. The number of furan rings is 1. The fourth-order valence-electron chi connectivity index (χ4n) is 1.90. The minimum atomic E-state index is -0.971. The van der Waals surface area contributed by atoms with Crippen molar-refractivity contribution in [1.82, 2.24) is 0 Å². The number of aromatic carboxylic acids is 1. The molecule has 6 heteroatoms. The number of thioether (sulfide) groups is 1. The van der Waals surface area contributed by atoms with Gasteiger partial charge in [0.1, 0.15) is 17.3 Å². The van der Waals surface area contributed by atoms with Gasteiger partial charge in [0, 0.05) is 0 Å². The van der Waals surface area contributed by atoms with Gasteiger partial charge in [-0.15, -0.1) is 0 Å². The first-order valence-corrected chi connectivity index (χ1v) is 7.75. The van der Waals surface area contributed by atoms with Crippen LogP contribution < -0.4 is 10.1 Å². The normalized spacial score (nSPS) is 10.4. The number of ether oxygens (including phenoxy) is 1. The Morgan fingerprint density at radius 2 is 2.10 bits per heavy atom. The molecule has 0 spiro atoms. The Kier molecular flexibility index (Phi) is 5.16. The number of rotatable bonds is 7. The number of carbonyl (C=O) groups is 1. The lowest BCUT2D eigenvalue weighted by Crippen LogP contribution is -2.03. The van der Waals surface area contributed by atoms with E-state index in [9.17, 15) is 4.79 Å². The van der Waals surface area contributed by atoms with E-state index in [1.807, 2.05) is 18.4 Å². The van der Waals surface area contributed by atoms with E-state index in [0.29, 0.717) is 18.0 Å². The van der Waals surface area contributed by atoms with Crippen molar-refractivity contribution < 1.29 is 19.1 Å². The zero-order valence-corrected chi connectivity index (χ0v) is 12.7. The lowest BCUT2D eigenvalue weighted by atomic mass is 10.2. The smallest absolute Gasteiger partial charge is 0.335 e. The molecule has 0 aliphatic carbocycles. The minimum Gasteiger partial charge on any atom is -0.495 e. The van der Waals surface area contributed by atoms with E-state index >= 15 is 0 Å². The molecule has 2 aromatic rings. The zero-order valence-electron chi connectivity index (χ0n) is 11.9. The van der Waals surface area contributed by atoms with Gasteiger partial charge in [0.15, 0.2) is 0 Å². The number of carboxylic acid groups (broad SMARTS) is 1. The summed E-state index contributed by atoms with van der Waals surface area (Å²) in [4.78, 5) is 11.0. The van der Waals surface area contributed by atoms with Crippen molar-refractivity contribution in [2.45, 2.75) is 12.3 Å². The fourth-order valence-corrected chi connectivity index (χ4v) is 2.34. The Balaban J connectivity index is 2.10. The Bertz CT molecular complexity index is 624. The summed E-state index contributed by atoms with van der Waals surface area (Å²) in [6, 6.07) is 8.54. The first-order chi connectivity index (χ1) is 10.1. The molecule has 0 aliphatic rings. The van der Waals surface area contributed by atoms with Crippen molar-refractivity contribution in [3.05, 3.63) is 47.4 Å². The lowest BCUT2D eigenvalue weighted by molar-refractivity contribution is 0.0697. The molecule has 0 fully saturated rings. The third-order valence-electron chi connectivity index (χ3n) is 2.90. The second-order valence-electron chi connectivity index (χ2n) is 4.37. The summed E-state index contributed by atoms with van der Waals surface area (Å²) < 4.78 is 10.9. The van der Waals surface area contributed by atoms with Gasteiger partial charge in [-0.2, -0.15) is 11.8 Å². The maximum atomic E-state index is 11.0. The van der Waals surface area contributed by atoms with E-state index in [4.69, 9.17) is 14.3 Å². The highest BCUT2D eigenvalue weighted by Crippen LogP contribution is 2.26. The number of nitrogens with one attached hydrogen (secondary N) is 1. The Labute approximate surface area is 127 Å². The molecule has 0 saturated carbocycles. The number of hydrogen-bond donors (Lipinski definition) is 2. The molecule has 0 bridgehead atoms. The van der Waals surface area contributed by atoms with Crippen molar-refractivity contribution in [2.75, 3.05) is 18.7 Å². The molecule has 0 saturated heterocycles. The van der Waals surface area contributed by atoms with Crippen LogP contribution in [-0.4, -0.2) is 24.4 Å². The van der Waals surface area contributed by atoms with Crippen molar-refractivity contribution >= 4 is 23.4 Å². The molecule has 0 radical (unpaired) electrons. The minimum absolute atomic E-state index is 0.209. The molecule has 0 aliphatic heterocycles. The Hall–Kier alpha value is -2.08. The van der Waals surface area contributed by atoms with Crippen LogP contribution in [0.1, 0.15) is 21.9 Å². The summed E-state index contributed by atoms with van der Waals surface area (Å²) >= 11 is 1.69. The molecule has 0 amide bonds. The number of methoxy groups -OCH3 is 1. The van der Waals surface area contributed by atoms with E-state index in [1.54, 1.807) is 31.0 Å².